The highest BCUT2D eigenvalue weighted by atomic mass is 19.4. The molecule has 2 fully saturated rings. The number of piperazine rings is 1. The molecule has 0 bridgehead atoms. The molecule has 1 amide bonds. The van der Waals surface area contributed by atoms with Gasteiger partial charge in [-0.25, -0.2) is 4.98 Å². The molecule has 8 nitrogen and oxygen atoms in total. The number of hydrogen-bond acceptors (Lipinski definition) is 6. The van der Waals surface area contributed by atoms with Crippen LogP contribution in [0.4, 0.5) is 19.0 Å². The van der Waals surface area contributed by atoms with Crippen LogP contribution in [0.3, 0.4) is 0 Å². The summed E-state index contributed by atoms with van der Waals surface area (Å²) < 4.78 is 38.2. The van der Waals surface area contributed by atoms with Crippen molar-refractivity contribution in [3.8, 4) is 0 Å². The molecule has 162 valence electrons. The number of β-amino-alcohol motifs (C(OH)–C–C–N with tert-alkyl or cyclic N) is 1. The summed E-state index contributed by atoms with van der Waals surface area (Å²) in [5.41, 5.74) is 0.389. The first-order chi connectivity index (χ1) is 14.2. The van der Waals surface area contributed by atoms with Gasteiger partial charge >= 0.3 is 6.18 Å². The van der Waals surface area contributed by atoms with Gasteiger partial charge in [0.2, 0.25) is 0 Å². The fourth-order valence-electron chi connectivity index (χ4n) is 3.87. The molecule has 4 rings (SSSR count). The van der Waals surface area contributed by atoms with E-state index >= 15 is 0 Å². The van der Waals surface area contributed by atoms with Gasteiger partial charge in [0, 0.05) is 63.3 Å². The number of aromatic amines is 1. The van der Waals surface area contributed by atoms with Crippen LogP contribution >= 0.6 is 0 Å². The van der Waals surface area contributed by atoms with E-state index in [1.165, 1.54) is 6.07 Å². The Kier molecular flexibility index (Phi) is 5.41. The van der Waals surface area contributed by atoms with E-state index in [1.807, 2.05) is 11.8 Å². The van der Waals surface area contributed by atoms with Crippen molar-refractivity contribution in [1.29, 1.82) is 0 Å². The highest BCUT2D eigenvalue weighted by molar-refractivity contribution is 5.94. The van der Waals surface area contributed by atoms with Crippen molar-refractivity contribution >= 4 is 11.7 Å². The minimum Gasteiger partial charge on any atom is -0.389 e. The Morgan fingerprint density at radius 2 is 2.03 bits per heavy atom. The van der Waals surface area contributed by atoms with Crippen LogP contribution in [0.15, 0.2) is 24.5 Å². The Hall–Kier alpha value is -2.66. The lowest BCUT2D eigenvalue weighted by molar-refractivity contribution is -0.137. The number of alkyl halides is 3. The van der Waals surface area contributed by atoms with Crippen molar-refractivity contribution in [1.82, 2.24) is 25.0 Å². The van der Waals surface area contributed by atoms with Crippen LogP contribution < -0.4 is 4.90 Å². The minimum absolute atomic E-state index is 0.0413. The van der Waals surface area contributed by atoms with E-state index in [4.69, 9.17) is 0 Å². The number of aromatic nitrogens is 3. The molecule has 2 aromatic rings. The normalized spacial score (nSPS) is 21.0. The lowest BCUT2D eigenvalue weighted by Crippen LogP contribution is -2.54. The predicted molar refractivity (Wildman–Crippen MR) is 102 cm³/mol. The molecule has 2 N–H and O–H groups in total. The summed E-state index contributed by atoms with van der Waals surface area (Å²) in [5.74, 6) is 0.322. The highest BCUT2D eigenvalue weighted by Gasteiger charge is 2.34. The monoisotopic (exact) mass is 424 g/mol. The maximum Gasteiger partial charge on any atom is 0.417 e. The summed E-state index contributed by atoms with van der Waals surface area (Å²) in [7, 11) is 0. The SMILES string of the molecule is CC1CN(Cc2c[nH]nc2C(=O)N2CC(O)C2)CCN1c1ccc(C(F)(F)F)cn1. The minimum atomic E-state index is -4.40. The van der Waals surface area contributed by atoms with Gasteiger partial charge in [0.05, 0.1) is 11.7 Å². The fourth-order valence-corrected chi connectivity index (χ4v) is 3.87. The second-order valence-corrected chi connectivity index (χ2v) is 7.80. The Balaban J connectivity index is 1.37. The van der Waals surface area contributed by atoms with Gasteiger partial charge in [0.1, 0.15) is 5.82 Å². The van der Waals surface area contributed by atoms with E-state index in [-0.39, 0.29) is 11.9 Å². The summed E-state index contributed by atoms with van der Waals surface area (Å²) in [4.78, 5) is 22.2. The molecule has 0 saturated carbocycles. The van der Waals surface area contributed by atoms with Crippen LogP contribution in [0.2, 0.25) is 0 Å². The molecule has 11 heteroatoms. The predicted octanol–water partition coefficient (Wildman–Crippen LogP) is 1.35. The van der Waals surface area contributed by atoms with Crippen LogP contribution in [0.1, 0.15) is 28.5 Å². The second kappa shape index (κ2) is 7.88. The second-order valence-electron chi connectivity index (χ2n) is 7.80. The largest absolute Gasteiger partial charge is 0.417 e. The van der Waals surface area contributed by atoms with Crippen molar-refractivity contribution in [3.63, 3.8) is 0 Å². The number of anilines is 1. The summed E-state index contributed by atoms with van der Waals surface area (Å²) in [5, 5.41) is 16.2. The number of likely N-dealkylation sites (tertiary alicyclic amines) is 1. The van der Waals surface area contributed by atoms with Gasteiger partial charge in [-0.15, -0.1) is 0 Å². The van der Waals surface area contributed by atoms with Gasteiger partial charge in [-0.2, -0.15) is 18.3 Å². The third-order valence-corrected chi connectivity index (χ3v) is 5.55. The summed E-state index contributed by atoms with van der Waals surface area (Å²) in [6, 6.07) is 2.50. The van der Waals surface area contributed by atoms with Crippen LogP contribution in [-0.2, 0) is 12.7 Å². The number of hydrogen-bond donors (Lipinski definition) is 2. The summed E-state index contributed by atoms with van der Waals surface area (Å²) in [6.45, 7) is 5.13. The zero-order chi connectivity index (χ0) is 21.5. The Morgan fingerprint density at radius 1 is 1.27 bits per heavy atom. The van der Waals surface area contributed by atoms with E-state index in [0.717, 1.165) is 17.8 Å². The molecule has 2 aromatic heterocycles. The molecule has 4 heterocycles. The number of rotatable bonds is 4. The molecule has 0 aromatic carbocycles. The average molecular weight is 424 g/mol. The lowest BCUT2D eigenvalue weighted by Gasteiger charge is -2.40. The standard InChI is InChI=1S/C19H23F3N6O2/c1-12-8-26(4-5-28(12)16-3-2-14(7-23-16)19(20,21)22)9-13-6-24-25-17(13)18(30)27-10-15(29)11-27/h2-3,6-7,12,15,29H,4-5,8-11H2,1H3,(H,24,25). The molecule has 2 aliphatic heterocycles. The van der Waals surface area contributed by atoms with E-state index in [2.05, 4.69) is 20.1 Å². The number of amides is 1. The maximum atomic E-state index is 12.7. The number of carbonyl (C=O) groups is 1. The van der Waals surface area contributed by atoms with Crippen LogP contribution in [-0.4, -0.2) is 80.9 Å². The van der Waals surface area contributed by atoms with Crippen molar-refractivity contribution < 1.29 is 23.1 Å². The molecule has 0 radical (unpaired) electrons. The third kappa shape index (κ3) is 4.12. The van der Waals surface area contributed by atoms with Gasteiger partial charge in [-0.3, -0.25) is 14.8 Å². The third-order valence-electron chi connectivity index (χ3n) is 5.55. The van der Waals surface area contributed by atoms with E-state index in [1.54, 1.807) is 11.1 Å². The molecule has 0 spiro atoms. The average Bonchev–Trinajstić information content (AvgIpc) is 3.13. The lowest BCUT2D eigenvalue weighted by atomic mass is 10.1. The van der Waals surface area contributed by atoms with E-state index < -0.39 is 17.8 Å². The Morgan fingerprint density at radius 3 is 2.63 bits per heavy atom. The number of carbonyl (C=O) groups excluding carboxylic acids is 1. The Labute approximate surface area is 171 Å². The molecular weight excluding hydrogens is 401 g/mol. The van der Waals surface area contributed by atoms with Crippen molar-refractivity contribution in [3.05, 3.63) is 41.3 Å². The van der Waals surface area contributed by atoms with Crippen LogP contribution in [0, 0.1) is 0 Å². The Bertz CT molecular complexity index is 894. The zero-order valence-electron chi connectivity index (χ0n) is 16.4. The fraction of sp³-hybridized carbons (Fsp3) is 0.526. The number of halogens is 3. The number of aliphatic hydroxyl groups is 1. The molecular formula is C19H23F3N6O2. The quantitative estimate of drug-likeness (QED) is 0.771. The van der Waals surface area contributed by atoms with E-state index in [9.17, 15) is 23.1 Å². The zero-order valence-corrected chi connectivity index (χ0v) is 16.4. The topological polar surface area (TPSA) is 88.6 Å². The highest BCUT2D eigenvalue weighted by Crippen LogP contribution is 2.30. The van der Waals surface area contributed by atoms with Gasteiger partial charge < -0.3 is 14.9 Å². The van der Waals surface area contributed by atoms with Crippen LogP contribution in [0.5, 0.6) is 0 Å². The van der Waals surface area contributed by atoms with Gasteiger partial charge in [0.15, 0.2) is 5.69 Å². The maximum absolute atomic E-state index is 12.7. The first-order valence-corrected chi connectivity index (χ1v) is 9.74. The van der Waals surface area contributed by atoms with E-state index in [0.29, 0.717) is 50.8 Å². The molecule has 0 aliphatic carbocycles. The van der Waals surface area contributed by atoms with Gasteiger partial charge in [-0.05, 0) is 19.1 Å². The molecule has 1 unspecified atom stereocenters. The first-order valence-electron chi connectivity index (χ1n) is 9.74. The van der Waals surface area contributed by atoms with Crippen molar-refractivity contribution in [2.24, 2.45) is 0 Å². The molecule has 2 saturated heterocycles. The summed E-state index contributed by atoms with van der Waals surface area (Å²) in [6.07, 6.45) is -2.30. The van der Waals surface area contributed by atoms with Gasteiger partial charge in [0.25, 0.3) is 5.91 Å². The molecule has 30 heavy (non-hydrogen) atoms. The first kappa shape index (κ1) is 20.6. The van der Waals surface area contributed by atoms with Crippen molar-refractivity contribution in [2.45, 2.75) is 31.8 Å². The van der Waals surface area contributed by atoms with Crippen LogP contribution in [0.25, 0.3) is 0 Å². The molecule has 2 aliphatic rings. The van der Waals surface area contributed by atoms with Crippen molar-refractivity contribution in [2.75, 3.05) is 37.6 Å². The van der Waals surface area contributed by atoms with Gasteiger partial charge in [-0.1, -0.05) is 0 Å². The summed E-state index contributed by atoms with van der Waals surface area (Å²) >= 11 is 0. The number of pyridine rings is 1. The number of H-pyrrole nitrogens is 1. The number of aliphatic hydroxyl groups excluding tert-OH is 1. The number of nitrogens with zero attached hydrogens (tertiary/aromatic N) is 5. The number of nitrogens with one attached hydrogen (secondary N) is 1. The molecule has 1 atom stereocenters. The smallest absolute Gasteiger partial charge is 0.389 e.